The Morgan fingerprint density at radius 1 is 0.390 bits per heavy atom. The molecule has 4 heterocycles. The number of para-hydroxylation sites is 1. The molecule has 0 radical (unpaired) electrons. The van der Waals surface area contributed by atoms with Gasteiger partial charge >= 0.3 is 0 Å². The largest absolute Gasteiger partial charge is 0.457 e. The topological polar surface area (TPSA) is 86.6 Å². The van der Waals surface area contributed by atoms with Crippen molar-refractivity contribution in [2.24, 2.45) is 0 Å². The minimum Gasteiger partial charge on any atom is -0.457 e. The predicted molar refractivity (Wildman–Crippen MR) is 237 cm³/mol. The molecular formula is C51H34N6OS. The molecule has 7 aromatic carbocycles. The van der Waals surface area contributed by atoms with E-state index in [2.05, 4.69) is 80.6 Å². The molecule has 0 N–H and O–H groups in total. The van der Waals surface area contributed by atoms with Crippen LogP contribution in [-0.4, -0.2) is 29.9 Å². The van der Waals surface area contributed by atoms with Crippen LogP contribution < -0.4 is 4.74 Å². The van der Waals surface area contributed by atoms with Crippen LogP contribution in [0.5, 0.6) is 11.5 Å². The first-order valence-electron chi connectivity index (χ1n) is 19.5. The van der Waals surface area contributed by atoms with Gasteiger partial charge in [0.05, 0.1) is 0 Å². The number of benzene rings is 7. The summed E-state index contributed by atoms with van der Waals surface area (Å²) < 4.78 is 8.80. The zero-order chi connectivity index (χ0) is 39.5. The van der Waals surface area contributed by atoms with Crippen molar-refractivity contribution in [2.45, 2.75) is 19.3 Å². The first-order valence-corrected chi connectivity index (χ1v) is 20.3. The molecule has 7 nitrogen and oxygen atoms in total. The van der Waals surface area contributed by atoms with Crippen molar-refractivity contribution in [3.63, 3.8) is 0 Å². The smallest absolute Gasteiger partial charge is 0.164 e. The zero-order valence-corrected chi connectivity index (χ0v) is 33.0. The van der Waals surface area contributed by atoms with E-state index in [0.717, 1.165) is 61.4 Å². The van der Waals surface area contributed by atoms with E-state index < -0.39 is 0 Å². The molecule has 8 heteroatoms. The van der Waals surface area contributed by atoms with Crippen LogP contribution in [0.3, 0.4) is 0 Å². The lowest BCUT2D eigenvalue weighted by molar-refractivity contribution is 0.418. The minimum atomic E-state index is -0.295. The summed E-state index contributed by atoms with van der Waals surface area (Å²) in [6.45, 7) is 4.46. The Balaban J connectivity index is 1.06. The molecule has 0 spiro atoms. The molecule has 3 aromatic heterocycles. The second kappa shape index (κ2) is 13.9. The van der Waals surface area contributed by atoms with E-state index in [0.29, 0.717) is 34.9 Å². The average Bonchev–Trinajstić information content (AvgIpc) is 3.68. The number of nitrogens with zero attached hydrogens (tertiary/aromatic N) is 6. The van der Waals surface area contributed by atoms with Crippen LogP contribution in [0.1, 0.15) is 25.0 Å². The van der Waals surface area contributed by atoms with E-state index in [1.54, 1.807) is 11.3 Å². The Bertz CT molecular complexity index is 3240. The maximum absolute atomic E-state index is 6.39. The standard InChI is InChI=1S/C51H34N6OS/c1-51(2)38-23-10-11-24-40(38)58-41-28-27-35(30-39(41)51)49-53-45(31-15-5-3-6-16-31)52-47(55-49)33-19-13-20-34(29-33)48-54-46(32-17-7-4-8-18-32)56-50(57-48)37-22-14-26-43-44(37)36-21-9-12-25-42(36)59-43/h3-30H,1-2H3. The van der Waals surface area contributed by atoms with Gasteiger partial charge in [0, 0.05) is 70.1 Å². The highest BCUT2D eigenvalue weighted by atomic mass is 32.1. The van der Waals surface area contributed by atoms with E-state index in [4.69, 9.17) is 34.6 Å². The van der Waals surface area contributed by atoms with Crippen molar-refractivity contribution in [1.82, 2.24) is 29.9 Å². The Kier molecular flexibility index (Phi) is 8.20. The van der Waals surface area contributed by atoms with Crippen LogP contribution in [0.2, 0.25) is 0 Å². The van der Waals surface area contributed by atoms with Crippen molar-refractivity contribution in [3.05, 3.63) is 181 Å². The second-order valence-electron chi connectivity index (χ2n) is 15.1. The fourth-order valence-electron chi connectivity index (χ4n) is 8.03. The van der Waals surface area contributed by atoms with Gasteiger partial charge in [0.2, 0.25) is 0 Å². The first kappa shape index (κ1) is 34.8. The van der Waals surface area contributed by atoms with Gasteiger partial charge in [-0.05, 0) is 42.5 Å². The molecule has 0 fully saturated rings. The number of hydrogen-bond acceptors (Lipinski definition) is 8. The average molecular weight is 779 g/mol. The molecule has 0 aliphatic carbocycles. The summed E-state index contributed by atoms with van der Waals surface area (Å²) in [7, 11) is 0. The number of thiophene rings is 1. The Morgan fingerprint density at radius 2 is 0.881 bits per heavy atom. The van der Waals surface area contributed by atoms with Crippen LogP contribution in [0.15, 0.2) is 170 Å². The monoisotopic (exact) mass is 778 g/mol. The molecule has 280 valence electrons. The number of fused-ring (bicyclic) bond motifs is 5. The third-order valence-electron chi connectivity index (χ3n) is 11.0. The first-order chi connectivity index (χ1) is 29.0. The number of rotatable bonds is 6. The summed E-state index contributed by atoms with van der Waals surface area (Å²) in [4.78, 5) is 30.6. The van der Waals surface area contributed by atoms with Gasteiger partial charge in [0.25, 0.3) is 0 Å². The molecule has 59 heavy (non-hydrogen) atoms. The molecule has 1 aliphatic heterocycles. The van der Waals surface area contributed by atoms with Crippen LogP contribution in [0, 0.1) is 0 Å². The summed E-state index contributed by atoms with van der Waals surface area (Å²) in [6.07, 6.45) is 0. The highest BCUT2D eigenvalue weighted by Gasteiger charge is 2.34. The quantitative estimate of drug-likeness (QED) is 0.166. The maximum atomic E-state index is 6.39. The fraction of sp³-hybridized carbons (Fsp3) is 0.0588. The van der Waals surface area contributed by atoms with Crippen LogP contribution in [-0.2, 0) is 5.41 Å². The molecule has 1 aliphatic rings. The van der Waals surface area contributed by atoms with Crippen molar-refractivity contribution in [2.75, 3.05) is 0 Å². The normalized spacial score (nSPS) is 12.8. The summed E-state index contributed by atoms with van der Waals surface area (Å²) in [5.41, 5.74) is 7.20. The van der Waals surface area contributed by atoms with E-state index >= 15 is 0 Å². The Labute approximate surface area is 344 Å². The van der Waals surface area contributed by atoms with Crippen LogP contribution >= 0.6 is 11.3 Å². The van der Waals surface area contributed by atoms with E-state index in [1.807, 2.05) is 103 Å². The molecule has 0 bridgehead atoms. The SMILES string of the molecule is CC1(C)c2ccccc2Oc2ccc(-c3nc(-c4ccccc4)nc(-c4cccc(-c5nc(-c6ccccc6)nc(-c6cccc7sc8ccccc8c67)n5)c4)n3)cc21. The third-order valence-corrected chi connectivity index (χ3v) is 12.2. The molecule has 0 atom stereocenters. The maximum Gasteiger partial charge on any atom is 0.164 e. The Hall–Kier alpha value is -7.42. The van der Waals surface area contributed by atoms with Gasteiger partial charge in [-0.3, -0.25) is 0 Å². The molecular weight excluding hydrogens is 745 g/mol. The van der Waals surface area contributed by atoms with Gasteiger partial charge < -0.3 is 4.74 Å². The van der Waals surface area contributed by atoms with Crippen molar-refractivity contribution < 1.29 is 4.74 Å². The van der Waals surface area contributed by atoms with E-state index in [9.17, 15) is 0 Å². The van der Waals surface area contributed by atoms with E-state index in [-0.39, 0.29) is 5.41 Å². The predicted octanol–water partition coefficient (Wildman–Crippen LogP) is 12.9. The summed E-state index contributed by atoms with van der Waals surface area (Å²) in [5.74, 6) is 5.18. The lowest BCUT2D eigenvalue weighted by Gasteiger charge is -2.34. The van der Waals surface area contributed by atoms with Crippen molar-refractivity contribution in [1.29, 1.82) is 0 Å². The number of hydrogen-bond donors (Lipinski definition) is 0. The fourth-order valence-corrected chi connectivity index (χ4v) is 9.16. The summed E-state index contributed by atoms with van der Waals surface area (Å²) in [5, 5.41) is 2.33. The number of ether oxygens (including phenoxy) is 1. The summed E-state index contributed by atoms with van der Waals surface area (Å²) in [6, 6.07) is 57.5. The van der Waals surface area contributed by atoms with Gasteiger partial charge in [0.15, 0.2) is 34.9 Å². The van der Waals surface area contributed by atoms with E-state index in [1.165, 1.54) is 14.8 Å². The molecule has 0 amide bonds. The molecule has 0 unspecified atom stereocenters. The lowest BCUT2D eigenvalue weighted by Crippen LogP contribution is -2.24. The lowest BCUT2D eigenvalue weighted by atomic mass is 9.75. The van der Waals surface area contributed by atoms with Gasteiger partial charge in [-0.15, -0.1) is 11.3 Å². The van der Waals surface area contributed by atoms with Crippen LogP contribution in [0.4, 0.5) is 0 Å². The molecule has 11 rings (SSSR count). The third kappa shape index (κ3) is 6.13. The zero-order valence-electron chi connectivity index (χ0n) is 32.2. The van der Waals surface area contributed by atoms with Gasteiger partial charge in [0.1, 0.15) is 11.5 Å². The highest BCUT2D eigenvalue weighted by molar-refractivity contribution is 7.25. The molecule has 0 saturated carbocycles. The minimum absolute atomic E-state index is 0.295. The van der Waals surface area contributed by atoms with Crippen LogP contribution in [0.25, 0.3) is 88.5 Å². The number of aromatic nitrogens is 6. The summed E-state index contributed by atoms with van der Waals surface area (Å²) >= 11 is 1.78. The molecule has 10 aromatic rings. The second-order valence-corrected chi connectivity index (χ2v) is 16.2. The molecule has 0 saturated heterocycles. The highest BCUT2D eigenvalue weighted by Crippen LogP contribution is 2.48. The van der Waals surface area contributed by atoms with Crippen molar-refractivity contribution >= 4 is 31.5 Å². The van der Waals surface area contributed by atoms with Crippen molar-refractivity contribution in [3.8, 4) is 79.8 Å². The van der Waals surface area contributed by atoms with Gasteiger partial charge in [-0.1, -0.05) is 141 Å². The van der Waals surface area contributed by atoms with Gasteiger partial charge in [-0.2, -0.15) is 0 Å². The Morgan fingerprint density at radius 3 is 1.56 bits per heavy atom. The van der Waals surface area contributed by atoms with Gasteiger partial charge in [-0.25, -0.2) is 29.9 Å².